The number of aromatic nitrogens is 2. The lowest BCUT2D eigenvalue weighted by Crippen LogP contribution is -2.49. The number of amides is 3. The van der Waals surface area contributed by atoms with Crippen molar-refractivity contribution in [1.29, 1.82) is 0 Å². The summed E-state index contributed by atoms with van der Waals surface area (Å²) < 4.78 is 29.8. The maximum absolute atomic E-state index is 13.1. The van der Waals surface area contributed by atoms with Gasteiger partial charge in [0.2, 0.25) is 10.0 Å². The molecule has 3 heterocycles. The molecular formula is C21H26ClN5O4S. The number of carbonyl (C=O) groups excluding carboxylic acids is 2. The molecular weight excluding hydrogens is 454 g/mol. The van der Waals surface area contributed by atoms with Crippen molar-refractivity contribution in [2.75, 3.05) is 11.4 Å². The normalized spacial score (nSPS) is 21.6. The van der Waals surface area contributed by atoms with Gasteiger partial charge in [0.1, 0.15) is 16.1 Å². The number of urea groups is 1. The Morgan fingerprint density at radius 3 is 2.41 bits per heavy atom. The lowest BCUT2D eigenvalue weighted by molar-refractivity contribution is -0.120. The van der Waals surface area contributed by atoms with Crippen molar-refractivity contribution in [3.8, 4) is 0 Å². The summed E-state index contributed by atoms with van der Waals surface area (Å²) in [5.41, 5.74) is 1.93. The van der Waals surface area contributed by atoms with Crippen LogP contribution in [0.5, 0.6) is 0 Å². The van der Waals surface area contributed by atoms with Crippen molar-refractivity contribution in [2.24, 2.45) is 7.05 Å². The Morgan fingerprint density at radius 1 is 1.19 bits per heavy atom. The summed E-state index contributed by atoms with van der Waals surface area (Å²) in [6.07, 6.45) is 0.590. The fourth-order valence-electron chi connectivity index (χ4n) is 4.35. The number of aryl methyl sites for hydroxylation is 2. The molecule has 2 saturated heterocycles. The van der Waals surface area contributed by atoms with Crippen molar-refractivity contribution in [1.82, 2.24) is 19.4 Å². The topological polar surface area (TPSA) is 105 Å². The third-order valence-corrected chi connectivity index (χ3v) is 8.27. The maximum atomic E-state index is 13.1. The Bertz CT molecular complexity index is 1180. The number of anilines is 1. The van der Waals surface area contributed by atoms with E-state index in [4.69, 9.17) is 11.6 Å². The molecule has 0 saturated carbocycles. The summed E-state index contributed by atoms with van der Waals surface area (Å²) in [5.74, 6) is -0.00196. The van der Waals surface area contributed by atoms with Crippen LogP contribution in [0, 0.1) is 6.92 Å². The van der Waals surface area contributed by atoms with Crippen LogP contribution in [0.3, 0.4) is 0 Å². The minimum atomic E-state index is -3.93. The third-order valence-electron chi connectivity index (χ3n) is 6.05. The third kappa shape index (κ3) is 3.80. The van der Waals surface area contributed by atoms with Gasteiger partial charge in [-0.2, -0.15) is 5.10 Å². The molecule has 0 unspecified atom stereocenters. The molecule has 0 aliphatic carbocycles. The Labute approximate surface area is 192 Å². The molecule has 9 nitrogen and oxygen atoms in total. The monoisotopic (exact) mass is 479 g/mol. The number of piperidine rings is 1. The maximum Gasteiger partial charge on any atom is 0.332 e. The van der Waals surface area contributed by atoms with E-state index in [1.807, 2.05) is 12.1 Å². The molecule has 0 radical (unpaired) electrons. The second kappa shape index (κ2) is 8.17. The summed E-state index contributed by atoms with van der Waals surface area (Å²) in [6.45, 7) is 6.00. The number of hydrogen-bond donors (Lipinski definition) is 1. The molecule has 32 heavy (non-hydrogen) atoms. The largest absolute Gasteiger partial charge is 0.332 e. The number of nitrogens with one attached hydrogen (secondary N) is 1. The number of hydrogen-bond acceptors (Lipinski definition) is 5. The van der Waals surface area contributed by atoms with Gasteiger partial charge in [-0.1, -0.05) is 37.6 Å². The van der Waals surface area contributed by atoms with Gasteiger partial charge >= 0.3 is 6.03 Å². The summed E-state index contributed by atoms with van der Waals surface area (Å²) in [7, 11) is -2.37. The van der Waals surface area contributed by atoms with E-state index in [1.54, 1.807) is 26.1 Å². The summed E-state index contributed by atoms with van der Waals surface area (Å²) >= 11 is 6.13. The highest BCUT2D eigenvalue weighted by atomic mass is 35.5. The van der Waals surface area contributed by atoms with Gasteiger partial charge in [-0.15, -0.1) is 0 Å². The van der Waals surface area contributed by atoms with E-state index in [2.05, 4.69) is 23.7 Å². The quantitative estimate of drug-likeness (QED) is 0.664. The molecule has 2 fully saturated rings. The molecule has 3 amide bonds. The van der Waals surface area contributed by atoms with Crippen LogP contribution >= 0.6 is 11.6 Å². The zero-order valence-electron chi connectivity index (χ0n) is 18.4. The van der Waals surface area contributed by atoms with Gasteiger partial charge in [0.05, 0.1) is 11.4 Å². The molecule has 2 aliphatic rings. The number of imide groups is 1. The second-order valence-corrected chi connectivity index (χ2v) is 10.6. The van der Waals surface area contributed by atoms with Crippen LogP contribution in [0.25, 0.3) is 0 Å². The van der Waals surface area contributed by atoms with Gasteiger partial charge < -0.3 is 4.90 Å². The number of benzene rings is 1. The number of rotatable bonds is 5. The number of nitrogens with zero attached hydrogens (tertiary/aromatic N) is 4. The van der Waals surface area contributed by atoms with Gasteiger partial charge in [-0.3, -0.25) is 9.48 Å². The number of fused-ring (bicyclic) bond motifs is 1. The van der Waals surface area contributed by atoms with Crippen LogP contribution in [0.1, 0.15) is 43.9 Å². The van der Waals surface area contributed by atoms with Gasteiger partial charge in [-0.05, 0) is 43.4 Å². The van der Waals surface area contributed by atoms with Crippen LogP contribution in [0.15, 0.2) is 29.2 Å². The van der Waals surface area contributed by atoms with E-state index < -0.39 is 22.1 Å². The molecule has 11 heteroatoms. The minimum Gasteiger partial charge on any atom is -0.312 e. The van der Waals surface area contributed by atoms with Gasteiger partial charge in [-0.25, -0.2) is 22.8 Å². The van der Waals surface area contributed by atoms with E-state index >= 15 is 0 Å². The first-order valence-corrected chi connectivity index (χ1v) is 12.3. The Kier molecular flexibility index (Phi) is 5.81. The highest BCUT2D eigenvalue weighted by Crippen LogP contribution is 2.32. The standard InChI is InChI=1S/C21H26ClN5O4S/c1-12(2)14-5-7-16(8-6-14)27-20(28)17-11-15(9-10-26(17)21(27)29)24-32(30,31)18-13(3)23-25(4)19(18)22/h5-8,12,15,17,24H,9-11H2,1-4H3/t15-,17-/m0/s1. The first-order chi connectivity index (χ1) is 15.0. The van der Waals surface area contributed by atoms with Crippen LogP contribution in [0.4, 0.5) is 10.5 Å². The van der Waals surface area contributed by atoms with E-state index in [9.17, 15) is 18.0 Å². The lowest BCUT2D eigenvalue weighted by atomic mass is 9.99. The van der Waals surface area contributed by atoms with E-state index in [0.29, 0.717) is 23.7 Å². The molecule has 0 bridgehead atoms. The van der Waals surface area contributed by atoms with Gasteiger partial charge in [0, 0.05) is 19.6 Å². The lowest BCUT2D eigenvalue weighted by Gasteiger charge is -2.32. The Morgan fingerprint density at radius 2 is 1.84 bits per heavy atom. The Hall–Kier alpha value is -2.43. The van der Waals surface area contributed by atoms with E-state index in [-0.39, 0.29) is 35.0 Å². The van der Waals surface area contributed by atoms with Crippen LogP contribution < -0.4 is 9.62 Å². The molecule has 1 N–H and O–H groups in total. The van der Waals surface area contributed by atoms with Gasteiger partial charge in [0.25, 0.3) is 5.91 Å². The minimum absolute atomic E-state index is 0.0237. The van der Waals surface area contributed by atoms with Gasteiger partial charge in [0.15, 0.2) is 0 Å². The van der Waals surface area contributed by atoms with Crippen molar-refractivity contribution < 1.29 is 18.0 Å². The molecule has 2 aromatic rings. The molecule has 2 aliphatic heterocycles. The van der Waals surface area contributed by atoms with E-state index in [1.165, 1.54) is 14.5 Å². The average molecular weight is 480 g/mol. The SMILES string of the molecule is Cc1nn(C)c(Cl)c1S(=O)(=O)N[C@H]1CCN2C(=O)N(c3ccc(C(C)C)cc3)C(=O)[C@@H]2C1. The summed E-state index contributed by atoms with van der Waals surface area (Å²) in [5, 5.41) is 4.08. The number of carbonyl (C=O) groups is 2. The number of sulfonamides is 1. The fourth-order valence-corrected chi connectivity index (χ4v) is 6.38. The van der Waals surface area contributed by atoms with Crippen LogP contribution in [-0.4, -0.2) is 53.7 Å². The molecule has 1 aromatic carbocycles. The average Bonchev–Trinajstić information content (AvgIpc) is 3.13. The Balaban J connectivity index is 1.52. The van der Waals surface area contributed by atoms with Crippen LogP contribution in [0.2, 0.25) is 5.15 Å². The fraction of sp³-hybridized carbons (Fsp3) is 0.476. The molecule has 2 atom stereocenters. The van der Waals surface area contributed by atoms with Crippen molar-refractivity contribution in [2.45, 2.75) is 56.5 Å². The highest BCUT2D eigenvalue weighted by molar-refractivity contribution is 7.89. The smallest absolute Gasteiger partial charge is 0.312 e. The molecule has 0 spiro atoms. The summed E-state index contributed by atoms with van der Waals surface area (Å²) in [4.78, 5) is 28.7. The van der Waals surface area contributed by atoms with Crippen LogP contribution in [-0.2, 0) is 21.9 Å². The second-order valence-electron chi connectivity index (χ2n) is 8.58. The first kappa shape index (κ1) is 22.8. The zero-order chi connectivity index (χ0) is 23.4. The van der Waals surface area contributed by atoms with Crippen molar-refractivity contribution >= 4 is 39.2 Å². The zero-order valence-corrected chi connectivity index (χ0v) is 19.9. The summed E-state index contributed by atoms with van der Waals surface area (Å²) in [6, 6.07) is 5.79. The number of halogens is 1. The molecule has 172 valence electrons. The van der Waals surface area contributed by atoms with Crippen molar-refractivity contribution in [3.63, 3.8) is 0 Å². The predicted octanol–water partition coefficient (Wildman–Crippen LogP) is 2.78. The highest BCUT2D eigenvalue weighted by Gasteiger charge is 2.49. The van der Waals surface area contributed by atoms with E-state index in [0.717, 1.165) is 5.56 Å². The predicted molar refractivity (Wildman–Crippen MR) is 120 cm³/mol. The molecule has 1 aromatic heterocycles. The first-order valence-electron chi connectivity index (χ1n) is 10.5. The van der Waals surface area contributed by atoms with Crippen molar-refractivity contribution in [3.05, 3.63) is 40.7 Å². The molecule has 4 rings (SSSR count).